The van der Waals surface area contributed by atoms with Crippen molar-refractivity contribution >= 4 is 0 Å². The van der Waals surface area contributed by atoms with Crippen LogP contribution in [-0.4, -0.2) is 37.1 Å². The van der Waals surface area contributed by atoms with Crippen LogP contribution < -0.4 is 0 Å². The van der Waals surface area contributed by atoms with Crippen LogP contribution in [0, 0.1) is 11.3 Å². The van der Waals surface area contributed by atoms with E-state index in [2.05, 4.69) is 41.5 Å². The van der Waals surface area contributed by atoms with E-state index in [1.807, 2.05) is 0 Å². The summed E-state index contributed by atoms with van der Waals surface area (Å²) in [7, 11) is 0. The van der Waals surface area contributed by atoms with E-state index in [9.17, 15) is 0 Å². The first kappa shape index (κ1) is 14.3. The minimum atomic E-state index is -0.131. The van der Waals surface area contributed by atoms with Crippen LogP contribution in [0.3, 0.4) is 0 Å². The number of ether oxygens (including phenoxy) is 3. The Bertz CT molecular complexity index is 257. The van der Waals surface area contributed by atoms with Gasteiger partial charge in [0.05, 0.1) is 24.9 Å². The summed E-state index contributed by atoms with van der Waals surface area (Å²) in [4.78, 5) is 0. The molecule has 0 bridgehead atoms. The van der Waals surface area contributed by atoms with Gasteiger partial charge in [-0.15, -0.1) is 0 Å². The van der Waals surface area contributed by atoms with Crippen LogP contribution in [-0.2, 0) is 14.2 Å². The molecule has 3 nitrogen and oxygen atoms in total. The Morgan fingerprint density at radius 1 is 0.944 bits per heavy atom. The van der Waals surface area contributed by atoms with Crippen molar-refractivity contribution in [2.45, 2.75) is 71.9 Å². The van der Waals surface area contributed by atoms with Crippen molar-refractivity contribution in [1.29, 1.82) is 0 Å². The van der Waals surface area contributed by atoms with E-state index in [1.54, 1.807) is 0 Å². The fraction of sp³-hybridized carbons (Fsp3) is 1.00. The quantitative estimate of drug-likeness (QED) is 0.760. The van der Waals surface area contributed by atoms with Crippen LogP contribution in [0.1, 0.15) is 48.0 Å². The zero-order chi connectivity index (χ0) is 13.6. The molecule has 2 aliphatic heterocycles. The molecule has 0 saturated carbocycles. The zero-order valence-electron chi connectivity index (χ0n) is 12.7. The number of fused-ring (bicyclic) bond motifs is 1. The molecule has 106 valence electrons. The SMILES string of the molecule is CC(C)(C)C[C@@H]1COC2C1OC[C@H]2OC(C)(C)C. The third-order valence-electron chi connectivity index (χ3n) is 3.49. The summed E-state index contributed by atoms with van der Waals surface area (Å²) in [5, 5.41) is 0. The van der Waals surface area contributed by atoms with Crippen LogP contribution in [0.4, 0.5) is 0 Å². The molecule has 0 amide bonds. The molecule has 2 aliphatic rings. The van der Waals surface area contributed by atoms with Crippen molar-refractivity contribution in [3.8, 4) is 0 Å². The molecule has 0 aliphatic carbocycles. The molecule has 0 aromatic heterocycles. The molecule has 2 heterocycles. The summed E-state index contributed by atoms with van der Waals surface area (Å²) >= 11 is 0. The first-order chi connectivity index (χ1) is 8.16. The highest BCUT2D eigenvalue weighted by molar-refractivity contribution is 4.96. The molecule has 3 heteroatoms. The lowest BCUT2D eigenvalue weighted by Gasteiger charge is -2.27. The predicted octanol–water partition coefficient (Wildman–Crippen LogP) is 3.02. The summed E-state index contributed by atoms with van der Waals surface area (Å²) in [5.74, 6) is 0.517. The highest BCUT2D eigenvalue weighted by atomic mass is 16.6. The molecule has 0 spiro atoms. The number of rotatable bonds is 2. The van der Waals surface area contributed by atoms with Crippen LogP contribution in [0.25, 0.3) is 0 Å². The van der Waals surface area contributed by atoms with Gasteiger partial charge in [-0.1, -0.05) is 20.8 Å². The lowest BCUT2D eigenvalue weighted by Crippen LogP contribution is -2.37. The summed E-state index contributed by atoms with van der Waals surface area (Å²) in [6.45, 7) is 14.6. The second-order valence-electron chi connectivity index (χ2n) is 7.89. The van der Waals surface area contributed by atoms with Gasteiger partial charge in [0, 0.05) is 5.92 Å². The monoisotopic (exact) mass is 256 g/mol. The van der Waals surface area contributed by atoms with Gasteiger partial charge in [-0.25, -0.2) is 0 Å². The molecule has 2 saturated heterocycles. The highest BCUT2D eigenvalue weighted by Crippen LogP contribution is 2.39. The summed E-state index contributed by atoms with van der Waals surface area (Å²) < 4.78 is 17.9. The normalized spacial score (nSPS) is 37.0. The Hall–Kier alpha value is -0.120. The molecule has 0 aromatic rings. The molecule has 4 atom stereocenters. The summed E-state index contributed by atoms with van der Waals surface area (Å²) in [6.07, 6.45) is 1.62. The standard InChI is InChI=1S/C15H28O3/c1-14(2,3)7-10-8-16-13-11(9-17-12(10)13)18-15(4,5)6/h10-13H,7-9H2,1-6H3/t10-,11-,12?,13?/m1/s1. The lowest BCUT2D eigenvalue weighted by molar-refractivity contribution is -0.103. The predicted molar refractivity (Wildman–Crippen MR) is 71.7 cm³/mol. The van der Waals surface area contributed by atoms with E-state index in [4.69, 9.17) is 14.2 Å². The van der Waals surface area contributed by atoms with Crippen molar-refractivity contribution in [2.75, 3.05) is 13.2 Å². The van der Waals surface area contributed by atoms with Crippen LogP contribution in [0.15, 0.2) is 0 Å². The van der Waals surface area contributed by atoms with Gasteiger partial charge in [0.2, 0.25) is 0 Å². The van der Waals surface area contributed by atoms with E-state index >= 15 is 0 Å². The van der Waals surface area contributed by atoms with Gasteiger partial charge in [0.25, 0.3) is 0 Å². The van der Waals surface area contributed by atoms with E-state index < -0.39 is 0 Å². The molecule has 2 unspecified atom stereocenters. The van der Waals surface area contributed by atoms with Gasteiger partial charge in [-0.2, -0.15) is 0 Å². The van der Waals surface area contributed by atoms with E-state index in [-0.39, 0.29) is 23.9 Å². The fourth-order valence-electron chi connectivity index (χ4n) is 3.06. The van der Waals surface area contributed by atoms with E-state index in [1.165, 1.54) is 0 Å². The van der Waals surface area contributed by atoms with Crippen molar-refractivity contribution < 1.29 is 14.2 Å². The topological polar surface area (TPSA) is 27.7 Å². The Balaban J connectivity index is 1.95. The third kappa shape index (κ3) is 3.46. The minimum absolute atomic E-state index is 0.0972. The van der Waals surface area contributed by atoms with Gasteiger partial charge >= 0.3 is 0 Å². The minimum Gasteiger partial charge on any atom is -0.372 e. The molecule has 0 aromatic carbocycles. The fourth-order valence-corrected chi connectivity index (χ4v) is 3.06. The van der Waals surface area contributed by atoms with Crippen LogP contribution >= 0.6 is 0 Å². The van der Waals surface area contributed by atoms with E-state index in [0.717, 1.165) is 13.0 Å². The molecule has 18 heavy (non-hydrogen) atoms. The van der Waals surface area contributed by atoms with Crippen LogP contribution in [0.2, 0.25) is 0 Å². The lowest BCUT2D eigenvalue weighted by atomic mass is 9.82. The second kappa shape index (κ2) is 4.77. The Kier molecular flexibility index (Phi) is 3.79. The average Bonchev–Trinajstić information content (AvgIpc) is 2.66. The number of hydrogen-bond donors (Lipinski definition) is 0. The Labute approximate surface area is 111 Å². The Morgan fingerprint density at radius 3 is 2.11 bits per heavy atom. The Morgan fingerprint density at radius 2 is 1.56 bits per heavy atom. The van der Waals surface area contributed by atoms with Gasteiger partial charge < -0.3 is 14.2 Å². The van der Waals surface area contributed by atoms with Gasteiger partial charge in [-0.3, -0.25) is 0 Å². The van der Waals surface area contributed by atoms with E-state index in [0.29, 0.717) is 17.9 Å². The second-order valence-corrected chi connectivity index (χ2v) is 7.89. The average molecular weight is 256 g/mol. The van der Waals surface area contributed by atoms with Gasteiger partial charge in [0.1, 0.15) is 12.2 Å². The van der Waals surface area contributed by atoms with Gasteiger partial charge in [0.15, 0.2) is 0 Å². The number of hydrogen-bond acceptors (Lipinski definition) is 3. The maximum absolute atomic E-state index is 6.04. The molecular weight excluding hydrogens is 228 g/mol. The molecular formula is C15H28O3. The van der Waals surface area contributed by atoms with Gasteiger partial charge in [-0.05, 0) is 32.6 Å². The maximum atomic E-state index is 6.04. The van der Waals surface area contributed by atoms with Crippen molar-refractivity contribution in [1.82, 2.24) is 0 Å². The van der Waals surface area contributed by atoms with Crippen molar-refractivity contribution in [3.05, 3.63) is 0 Å². The summed E-state index contributed by atoms with van der Waals surface area (Å²) in [6, 6.07) is 0. The largest absolute Gasteiger partial charge is 0.372 e. The highest BCUT2D eigenvalue weighted by Gasteiger charge is 2.49. The molecule has 2 rings (SSSR count). The van der Waals surface area contributed by atoms with Crippen molar-refractivity contribution in [2.24, 2.45) is 11.3 Å². The molecule has 0 radical (unpaired) electrons. The van der Waals surface area contributed by atoms with Crippen molar-refractivity contribution in [3.63, 3.8) is 0 Å². The first-order valence-electron chi connectivity index (χ1n) is 7.07. The smallest absolute Gasteiger partial charge is 0.112 e. The zero-order valence-corrected chi connectivity index (χ0v) is 12.7. The first-order valence-corrected chi connectivity index (χ1v) is 7.07. The summed E-state index contributed by atoms with van der Waals surface area (Å²) in [5.41, 5.74) is 0.198. The van der Waals surface area contributed by atoms with Crippen LogP contribution in [0.5, 0.6) is 0 Å². The molecule has 0 N–H and O–H groups in total. The molecule has 2 fully saturated rings. The maximum Gasteiger partial charge on any atom is 0.112 e. The third-order valence-corrected chi connectivity index (χ3v) is 3.49.